The van der Waals surface area contributed by atoms with Crippen LogP contribution in [0.4, 0.5) is 10.1 Å². The summed E-state index contributed by atoms with van der Waals surface area (Å²) in [5.74, 6) is 0.0785. The van der Waals surface area contributed by atoms with Gasteiger partial charge in [-0.3, -0.25) is 4.72 Å². The number of aryl methyl sites for hydroxylation is 1. The number of sulfonamides is 1. The van der Waals surface area contributed by atoms with Gasteiger partial charge in [0.15, 0.2) is 5.03 Å². The lowest BCUT2D eigenvalue weighted by Crippen LogP contribution is -2.13. The van der Waals surface area contributed by atoms with Crippen molar-refractivity contribution in [3.05, 3.63) is 42.1 Å². The Morgan fingerprint density at radius 2 is 1.94 bits per heavy atom. The van der Waals surface area contributed by atoms with Gasteiger partial charge in [-0.1, -0.05) is 0 Å². The standard InChI is InChI=1S/C10H10FN3O2S/c1-7-12-6-10(13-7)17(15,16)14-9-4-2-8(11)3-5-9/h2-6,14H,1H3,(H,12,13). The van der Waals surface area contributed by atoms with E-state index in [1.54, 1.807) is 6.92 Å². The van der Waals surface area contributed by atoms with Crippen LogP contribution in [0.5, 0.6) is 0 Å². The summed E-state index contributed by atoms with van der Waals surface area (Å²) in [6.45, 7) is 1.65. The van der Waals surface area contributed by atoms with Crippen molar-refractivity contribution in [2.24, 2.45) is 0 Å². The number of imidazole rings is 1. The molecule has 1 aromatic carbocycles. The van der Waals surface area contributed by atoms with E-state index in [9.17, 15) is 12.8 Å². The van der Waals surface area contributed by atoms with Crippen molar-refractivity contribution in [1.82, 2.24) is 9.97 Å². The number of aromatic amines is 1. The van der Waals surface area contributed by atoms with Gasteiger partial charge in [-0.15, -0.1) is 0 Å². The molecule has 1 heterocycles. The van der Waals surface area contributed by atoms with E-state index in [1.165, 1.54) is 30.5 Å². The second-order valence-corrected chi connectivity index (χ2v) is 5.10. The summed E-state index contributed by atoms with van der Waals surface area (Å²) in [4.78, 5) is 6.42. The topological polar surface area (TPSA) is 74.8 Å². The Hall–Kier alpha value is -1.89. The van der Waals surface area contributed by atoms with Gasteiger partial charge >= 0.3 is 0 Å². The van der Waals surface area contributed by atoms with Gasteiger partial charge in [-0.2, -0.15) is 8.42 Å². The Bertz CT molecular complexity index is 619. The van der Waals surface area contributed by atoms with Gasteiger partial charge in [-0.25, -0.2) is 9.37 Å². The van der Waals surface area contributed by atoms with Crippen LogP contribution in [0, 0.1) is 12.7 Å². The maximum Gasteiger partial charge on any atom is 0.278 e. The van der Waals surface area contributed by atoms with Crippen LogP contribution in [0.25, 0.3) is 0 Å². The van der Waals surface area contributed by atoms with Gasteiger partial charge in [-0.05, 0) is 31.2 Å². The molecule has 0 aliphatic heterocycles. The van der Waals surface area contributed by atoms with E-state index in [1.807, 2.05) is 0 Å². The van der Waals surface area contributed by atoms with Crippen molar-refractivity contribution < 1.29 is 12.8 Å². The predicted octanol–water partition coefficient (Wildman–Crippen LogP) is 1.66. The van der Waals surface area contributed by atoms with E-state index >= 15 is 0 Å². The van der Waals surface area contributed by atoms with Gasteiger partial charge in [0, 0.05) is 5.69 Å². The molecule has 2 aromatic rings. The lowest BCUT2D eigenvalue weighted by molar-refractivity contribution is 0.598. The van der Waals surface area contributed by atoms with Crippen molar-refractivity contribution in [3.8, 4) is 0 Å². The number of hydrogen-bond acceptors (Lipinski definition) is 3. The third kappa shape index (κ3) is 2.62. The van der Waals surface area contributed by atoms with Crippen LogP contribution < -0.4 is 4.72 Å². The second kappa shape index (κ2) is 4.17. The molecular weight excluding hydrogens is 245 g/mol. The quantitative estimate of drug-likeness (QED) is 0.875. The fourth-order valence-electron chi connectivity index (χ4n) is 1.26. The molecule has 0 amide bonds. The van der Waals surface area contributed by atoms with Crippen molar-refractivity contribution in [3.63, 3.8) is 0 Å². The number of benzene rings is 1. The molecule has 2 N–H and O–H groups in total. The highest BCUT2D eigenvalue weighted by Crippen LogP contribution is 2.14. The number of hydrogen-bond donors (Lipinski definition) is 2. The molecule has 0 spiro atoms. The molecule has 0 atom stereocenters. The van der Waals surface area contributed by atoms with Crippen LogP contribution in [-0.2, 0) is 10.0 Å². The third-order valence-electron chi connectivity index (χ3n) is 2.07. The van der Waals surface area contributed by atoms with E-state index in [-0.39, 0.29) is 5.03 Å². The molecule has 2 rings (SSSR count). The van der Waals surface area contributed by atoms with Crippen molar-refractivity contribution in [1.29, 1.82) is 0 Å². The van der Waals surface area contributed by atoms with Crippen molar-refractivity contribution >= 4 is 15.7 Å². The molecule has 0 aliphatic rings. The number of aromatic nitrogens is 2. The molecule has 90 valence electrons. The average Bonchev–Trinajstić information content (AvgIpc) is 2.69. The van der Waals surface area contributed by atoms with E-state index in [0.717, 1.165) is 0 Å². The molecule has 7 heteroatoms. The molecule has 5 nitrogen and oxygen atoms in total. The van der Waals surface area contributed by atoms with Gasteiger partial charge in [0.25, 0.3) is 10.0 Å². The monoisotopic (exact) mass is 255 g/mol. The van der Waals surface area contributed by atoms with Gasteiger partial charge < -0.3 is 4.98 Å². The first-order valence-corrected chi connectivity index (χ1v) is 6.26. The summed E-state index contributed by atoms with van der Waals surface area (Å²) in [5.41, 5.74) is 0.290. The zero-order chi connectivity index (χ0) is 12.5. The number of H-pyrrole nitrogens is 1. The largest absolute Gasteiger partial charge is 0.332 e. The normalized spacial score (nSPS) is 11.4. The maximum absolute atomic E-state index is 12.7. The van der Waals surface area contributed by atoms with Crippen molar-refractivity contribution in [2.45, 2.75) is 11.9 Å². The molecule has 0 radical (unpaired) electrons. The number of halogens is 1. The van der Waals surface area contributed by atoms with Gasteiger partial charge in [0.2, 0.25) is 0 Å². The van der Waals surface area contributed by atoms with Crippen LogP contribution >= 0.6 is 0 Å². The van der Waals surface area contributed by atoms with Gasteiger partial charge in [0.05, 0.1) is 6.20 Å². The van der Waals surface area contributed by atoms with E-state index in [2.05, 4.69) is 14.7 Å². The molecule has 0 aliphatic carbocycles. The Morgan fingerprint density at radius 3 is 2.47 bits per heavy atom. The van der Waals surface area contributed by atoms with E-state index in [4.69, 9.17) is 0 Å². The van der Waals surface area contributed by atoms with E-state index in [0.29, 0.717) is 11.5 Å². The summed E-state index contributed by atoms with van der Waals surface area (Å²) in [5, 5.41) is -0.0284. The fraction of sp³-hybridized carbons (Fsp3) is 0.100. The van der Waals surface area contributed by atoms with Crippen LogP contribution in [-0.4, -0.2) is 18.4 Å². The molecule has 0 saturated carbocycles. The highest BCUT2D eigenvalue weighted by atomic mass is 32.2. The molecule has 0 unspecified atom stereocenters. The minimum Gasteiger partial charge on any atom is -0.332 e. The summed E-state index contributed by atoms with van der Waals surface area (Å²) < 4.78 is 38.6. The summed E-state index contributed by atoms with van der Waals surface area (Å²) in [6, 6.07) is 5.04. The third-order valence-corrected chi connectivity index (χ3v) is 3.36. The number of nitrogens with zero attached hydrogens (tertiary/aromatic N) is 1. The lowest BCUT2D eigenvalue weighted by Gasteiger charge is -2.05. The smallest absolute Gasteiger partial charge is 0.278 e. The summed E-state index contributed by atoms with van der Waals surface area (Å²) in [7, 11) is -3.70. The highest BCUT2D eigenvalue weighted by Gasteiger charge is 2.16. The molecular formula is C10H10FN3O2S. The first-order valence-electron chi connectivity index (χ1n) is 4.77. The molecule has 17 heavy (non-hydrogen) atoms. The average molecular weight is 255 g/mol. The Labute approximate surface area is 97.8 Å². The Morgan fingerprint density at radius 1 is 1.29 bits per heavy atom. The number of anilines is 1. The first kappa shape index (κ1) is 11.6. The van der Waals surface area contributed by atoms with Crippen LogP contribution in [0.3, 0.4) is 0 Å². The summed E-state index contributed by atoms with van der Waals surface area (Å²) in [6.07, 6.45) is 1.22. The zero-order valence-electron chi connectivity index (χ0n) is 8.94. The Balaban J connectivity index is 2.26. The van der Waals surface area contributed by atoms with Crippen LogP contribution in [0.15, 0.2) is 35.5 Å². The van der Waals surface area contributed by atoms with E-state index < -0.39 is 15.8 Å². The number of nitrogens with one attached hydrogen (secondary N) is 2. The minimum absolute atomic E-state index is 0.0284. The van der Waals surface area contributed by atoms with Crippen LogP contribution in [0.1, 0.15) is 5.82 Å². The molecule has 0 fully saturated rings. The predicted molar refractivity (Wildman–Crippen MR) is 60.5 cm³/mol. The minimum atomic E-state index is -3.70. The summed E-state index contributed by atoms with van der Waals surface area (Å²) >= 11 is 0. The fourth-order valence-corrected chi connectivity index (χ4v) is 2.29. The lowest BCUT2D eigenvalue weighted by atomic mass is 10.3. The number of rotatable bonds is 3. The molecule has 1 aromatic heterocycles. The first-order chi connectivity index (χ1) is 7.97. The molecule has 0 saturated heterocycles. The second-order valence-electron chi connectivity index (χ2n) is 3.45. The zero-order valence-corrected chi connectivity index (χ0v) is 9.75. The molecule has 0 bridgehead atoms. The maximum atomic E-state index is 12.7. The van der Waals surface area contributed by atoms with Gasteiger partial charge in [0.1, 0.15) is 11.6 Å². The van der Waals surface area contributed by atoms with Crippen LogP contribution in [0.2, 0.25) is 0 Å². The Kier molecular flexibility index (Phi) is 2.84. The SMILES string of the molecule is Cc1ncc(S(=O)(=O)Nc2ccc(F)cc2)[nH]1. The highest BCUT2D eigenvalue weighted by molar-refractivity contribution is 7.92. The van der Waals surface area contributed by atoms with Crippen molar-refractivity contribution in [2.75, 3.05) is 4.72 Å².